The van der Waals surface area contributed by atoms with Gasteiger partial charge in [-0.2, -0.15) is 5.10 Å². The lowest BCUT2D eigenvalue weighted by atomic mass is 9.94. The Morgan fingerprint density at radius 2 is 2.28 bits per heavy atom. The molecule has 2 N–H and O–H groups in total. The van der Waals surface area contributed by atoms with Crippen LogP contribution in [0.2, 0.25) is 0 Å². The Bertz CT molecular complexity index is 456. The minimum Gasteiger partial charge on any atom is -0.466 e. The van der Waals surface area contributed by atoms with E-state index in [0.717, 1.165) is 13.4 Å². The van der Waals surface area contributed by atoms with Gasteiger partial charge < -0.3 is 14.6 Å². The Labute approximate surface area is 103 Å². The number of aromatic nitrogens is 3. The van der Waals surface area contributed by atoms with Crippen molar-refractivity contribution in [3.63, 3.8) is 0 Å². The number of nitrogens with one attached hydrogen (secondary N) is 1. The number of aromatic amines is 1. The van der Waals surface area contributed by atoms with E-state index in [1.54, 1.807) is 6.92 Å². The molecule has 1 atom stereocenters. The van der Waals surface area contributed by atoms with E-state index in [9.17, 15) is 14.7 Å². The van der Waals surface area contributed by atoms with Crippen LogP contribution in [0, 0.1) is 0 Å². The van der Waals surface area contributed by atoms with E-state index in [0.29, 0.717) is 0 Å². The van der Waals surface area contributed by atoms with Crippen molar-refractivity contribution >= 4 is 11.9 Å². The number of hydrogen-bond donors (Lipinski definition) is 2. The number of nitrogens with zero attached hydrogens (tertiary/aromatic N) is 2. The molecule has 1 rings (SSSR count). The fraction of sp³-hybridized carbons (Fsp3) is 0.400. The van der Waals surface area contributed by atoms with E-state index in [2.05, 4.69) is 26.5 Å². The van der Waals surface area contributed by atoms with Crippen molar-refractivity contribution in [1.29, 1.82) is 0 Å². The van der Waals surface area contributed by atoms with Crippen LogP contribution in [0.3, 0.4) is 0 Å². The summed E-state index contributed by atoms with van der Waals surface area (Å²) in [6.45, 7) is 4.92. The molecule has 0 spiro atoms. The number of ether oxygens (including phenoxy) is 2. The molecule has 8 heteroatoms. The van der Waals surface area contributed by atoms with Gasteiger partial charge in [0.25, 0.3) is 5.60 Å². The van der Waals surface area contributed by atoms with Crippen LogP contribution < -0.4 is 0 Å². The van der Waals surface area contributed by atoms with Gasteiger partial charge in [0.05, 0.1) is 19.3 Å². The SMILES string of the molecule is C=C(C(=O)OC)C(O)(C(=O)OCC)c1ncn[nH]1. The van der Waals surface area contributed by atoms with Crippen LogP contribution in [0.1, 0.15) is 12.7 Å². The molecule has 0 saturated heterocycles. The highest BCUT2D eigenvalue weighted by atomic mass is 16.6. The number of carbonyl (C=O) groups excluding carboxylic acids is 2. The van der Waals surface area contributed by atoms with Gasteiger partial charge in [0.1, 0.15) is 6.33 Å². The zero-order valence-electron chi connectivity index (χ0n) is 9.97. The molecule has 0 aromatic carbocycles. The predicted octanol–water partition coefficient (Wildman–Crippen LogP) is -0.715. The van der Waals surface area contributed by atoms with Crippen LogP contribution in [-0.4, -0.2) is 45.9 Å². The van der Waals surface area contributed by atoms with Gasteiger partial charge in [0, 0.05) is 0 Å². The molecular weight excluding hydrogens is 242 g/mol. The summed E-state index contributed by atoms with van der Waals surface area (Å²) in [7, 11) is 1.10. The molecule has 0 fully saturated rings. The van der Waals surface area contributed by atoms with E-state index >= 15 is 0 Å². The van der Waals surface area contributed by atoms with Crippen molar-refractivity contribution in [3.05, 3.63) is 24.3 Å². The Kier molecular flexibility index (Phi) is 4.16. The molecule has 0 saturated carbocycles. The summed E-state index contributed by atoms with van der Waals surface area (Å²) >= 11 is 0. The molecule has 8 nitrogen and oxygen atoms in total. The minimum atomic E-state index is -2.44. The first-order valence-electron chi connectivity index (χ1n) is 5.01. The minimum absolute atomic E-state index is 0.0176. The normalized spacial score (nSPS) is 13.5. The molecule has 18 heavy (non-hydrogen) atoms. The zero-order chi connectivity index (χ0) is 13.8. The predicted molar refractivity (Wildman–Crippen MR) is 58.1 cm³/mol. The van der Waals surface area contributed by atoms with Gasteiger partial charge in [-0.15, -0.1) is 0 Å². The van der Waals surface area contributed by atoms with Gasteiger partial charge in [-0.05, 0) is 6.92 Å². The summed E-state index contributed by atoms with van der Waals surface area (Å²) in [5.74, 6) is -2.31. The molecule has 98 valence electrons. The highest BCUT2D eigenvalue weighted by Crippen LogP contribution is 2.28. The maximum absolute atomic E-state index is 11.8. The number of rotatable bonds is 5. The maximum atomic E-state index is 11.8. The Hall–Kier alpha value is -2.22. The van der Waals surface area contributed by atoms with E-state index in [1.165, 1.54) is 0 Å². The summed E-state index contributed by atoms with van der Waals surface area (Å²) in [5.41, 5.74) is -2.96. The Balaban J connectivity index is 3.22. The average Bonchev–Trinajstić information content (AvgIpc) is 2.90. The fourth-order valence-electron chi connectivity index (χ4n) is 1.25. The van der Waals surface area contributed by atoms with Gasteiger partial charge in [0.2, 0.25) is 0 Å². The standard InChI is InChI=1S/C10H13N3O5/c1-4-18-9(15)10(16,6(2)7(14)17-3)8-11-5-12-13-8/h5,16H,2,4H2,1,3H3,(H,11,12,13). The van der Waals surface area contributed by atoms with Gasteiger partial charge >= 0.3 is 11.9 Å². The molecule has 1 unspecified atom stereocenters. The van der Waals surface area contributed by atoms with Crippen LogP contribution in [0.4, 0.5) is 0 Å². The third-order valence-corrected chi connectivity index (χ3v) is 2.20. The largest absolute Gasteiger partial charge is 0.466 e. The summed E-state index contributed by atoms with van der Waals surface area (Å²) in [5, 5.41) is 16.1. The maximum Gasteiger partial charge on any atom is 0.351 e. The van der Waals surface area contributed by atoms with Crippen molar-refractivity contribution < 1.29 is 24.2 Å². The Morgan fingerprint density at radius 1 is 1.61 bits per heavy atom. The Morgan fingerprint density at radius 3 is 2.72 bits per heavy atom. The third-order valence-electron chi connectivity index (χ3n) is 2.20. The molecule has 1 aromatic rings. The van der Waals surface area contributed by atoms with Crippen molar-refractivity contribution in [2.75, 3.05) is 13.7 Å². The second-order valence-corrected chi connectivity index (χ2v) is 3.24. The van der Waals surface area contributed by atoms with E-state index in [4.69, 9.17) is 4.74 Å². The molecule has 0 aliphatic carbocycles. The molecule has 0 bridgehead atoms. The summed E-state index contributed by atoms with van der Waals surface area (Å²) < 4.78 is 9.12. The van der Waals surface area contributed by atoms with Crippen molar-refractivity contribution in [2.45, 2.75) is 12.5 Å². The first-order chi connectivity index (χ1) is 8.48. The molecule has 1 aromatic heterocycles. The van der Waals surface area contributed by atoms with Gasteiger partial charge in [0.15, 0.2) is 5.82 Å². The van der Waals surface area contributed by atoms with Crippen LogP contribution in [0.15, 0.2) is 18.5 Å². The lowest BCUT2D eigenvalue weighted by Gasteiger charge is -2.23. The second kappa shape index (κ2) is 5.41. The summed E-state index contributed by atoms with van der Waals surface area (Å²) in [4.78, 5) is 26.9. The molecule has 0 radical (unpaired) electrons. The summed E-state index contributed by atoms with van der Waals surface area (Å²) in [6.07, 6.45) is 1.07. The monoisotopic (exact) mass is 255 g/mol. The van der Waals surface area contributed by atoms with E-state index in [1.807, 2.05) is 0 Å². The lowest BCUT2D eigenvalue weighted by Crippen LogP contribution is -2.43. The first-order valence-corrected chi connectivity index (χ1v) is 5.01. The quantitative estimate of drug-likeness (QED) is 0.527. The number of hydrogen-bond acceptors (Lipinski definition) is 7. The first kappa shape index (κ1) is 13.8. The van der Waals surface area contributed by atoms with E-state index in [-0.39, 0.29) is 12.4 Å². The van der Waals surface area contributed by atoms with Crippen LogP contribution in [0.5, 0.6) is 0 Å². The van der Waals surface area contributed by atoms with Crippen LogP contribution in [-0.2, 0) is 24.7 Å². The molecule has 0 aliphatic heterocycles. The number of H-pyrrole nitrogens is 1. The van der Waals surface area contributed by atoms with Gasteiger partial charge in [-0.3, -0.25) is 5.10 Å². The average molecular weight is 255 g/mol. The summed E-state index contributed by atoms with van der Waals surface area (Å²) in [6, 6.07) is 0. The van der Waals surface area contributed by atoms with Crippen LogP contribution >= 0.6 is 0 Å². The fourth-order valence-corrected chi connectivity index (χ4v) is 1.25. The smallest absolute Gasteiger partial charge is 0.351 e. The molecule has 0 amide bonds. The highest BCUT2D eigenvalue weighted by molar-refractivity contribution is 5.99. The van der Waals surface area contributed by atoms with Gasteiger partial charge in [-0.1, -0.05) is 6.58 Å². The number of carbonyl (C=O) groups is 2. The van der Waals surface area contributed by atoms with Crippen molar-refractivity contribution in [3.8, 4) is 0 Å². The molecule has 1 heterocycles. The zero-order valence-corrected chi connectivity index (χ0v) is 9.97. The highest BCUT2D eigenvalue weighted by Gasteiger charge is 2.48. The number of methoxy groups -OCH3 is 1. The second-order valence-electron chi connectivity index (χ2n) is 3.24. The van der Waals surface area contributed by atoms with E-state index < -0.39 is 23.1 Å². The third kappa shape index (κ3) is 2.23. The van der Waals surface area contributed by atoms with Crippen LogP contribution in [0.25, 0.3) is 0 Å². The topological polar surface area (TPSA) is 114 Å². The molecular formula is C10H13N3O5. The number of aliphatic hydroxyl groups is 1. The molecule has 0 aliphatic rings. The number of esters is 2. The lowest BCUT2D eigenvalue weighted by molar-refractivity contribution is -0.165. The van der Waals surface area contributed by atoms with Crippen molar-refractivity contribution in [1.82, 2.24) is 15.2 Å². The van der Waals surface area contributed by atoms with Crippen molar-refractivity contribution in [2.24, 2.45) is 0 Å². The van der Waals surface area contributed by atoms with Gasteiger partial charge in [-0.25, -0.2) is 14.6 Å².